The van der Waals surface area contributed by atoms with E-state index in [1.165, 1.54) is 7.05 Å². The van der Waals surface area contributed by atoms with Crippen LogP contribution >= 0.6 is 0 Å². The van der Waals surface area contributed by atoms with Crippen LogP contribution < -0.4 is 10.6 Å². The molecule has 0 aromatic heterocycles. The molecule has 2 N–H and O–H groups in total. The number of barbiturate groups is 1. The second-order valence-electron chi connectivity index (χ2n) is 4.05. The van der Waals surface area contributed by atoms with Crippen LogP contribution in [0.25, 0.3) is 0 Å². The van der Waals surface area contributed by atoms with Crippen LogP contribution in [0.5, 0.6) is 0 Å². The van der Waals surface area contributed by atoms with E-state index in [0.717, 1.165) is 4.90 Å². The zero-order chi connectivity index (χ0) is 13.7. The van der Waals surface area contributed by atoms with Crippen LogP contribution in [-0.4, -0.2) is 42.2 Å². The Balaban J connectivity index is 2.71. The SMILES string of the molecule is CCCC1C(=O)NC(=O)N(CCC(=O)NC)C1=O. The maximum absolute atomic E-state index is 11.9. The van der Waals surface area contributed by atoms with Crippen LogP contribution in [0, 0.1) is 5.92 Å². The molecule has 0 bridgehead atoms. The van der Waals surface area contributed by atoms with E-state index in [1.807, 2.05) is 6.92 Å². The molecule has 0 saturated carbocycles. The first-order valence-electron chi connectivity index (χ1n) is 5.88. The highest BCUT2D eigenvalue weighted by Crippen LogP contribution is 2.16. The second-order valence-corrected chi connectivity index (χ2v) is 4.05. The lowest BCUT2D eigenvalue weighted by atomic mass is 9.99. The molecule has 0 aromatic carbocycles. The van der Waals surface area contributed by atoms with Gasteiger partial charge in [-0.3, -0.25) is 24.6 Å². The van der Waals surface area contributed by atoms with Crippen LogP contribution in [0.15, 0.2) is 0 Å². The van der Waals surface area contributed by atoms with Gasteiger partial charge in [0.1, 0.15) is 5.92 Å². The van der Waals surface area contributed by atoms with E-state index < -0.39 is 23.8 Å². The first-order valence-corrected chi connectivity index (χ1v) is 5.88. The fourth-order valence-corrected chi connectivity index (χ4v) is 1.75. The molecule has 0 spiro atoms. The highest BCUT2D eigenvalue weighted by atomic mass is 16.2. The summed E-state index contributed by atoms with van der Waals surface area (Å²) in [5, 5.41) is 4.54. The Bertz CT molecular complexity index is 380. The summed E-state index contributed by atoms with van der Waals surface area (Å²) in [4.78, 5) is 47.0. The minimum absolute atomic E-state index is 0.0160. The normalized spacial score (nSPS) is 19.8. The lowest BCUT2D eigenvalue weighted by Crippen LogP contribution is -2.58. The summed E-state index contributed by atoms with van der Waals surface area (Å²) in [5.74, 6) is -2.16. The summed E-state index contributed by atoms with van der Waals surface area (Å²) in [6.45, 7) is 1.84. The number of amides is 5. The van der Waals surface area contributed by atoms with Crippen molar-refractivity contribution in [3.8, 4) is 0 Å². The standard InChI is InChI=1S/C11H17N3O4/c1-3-4-7-9(16)13-11(18)14(10(7)17)6-5-8(15)12-2/h7H,3-6H2,1-2H3,(H,12,15)(H,13,16,18). The molecule has 1 aliphatic rings. The van der Waals surface area contributed by atoms with Gasteiger partial charge in [0.05, 0.1) is 0 Å². The fourth-order valence-electron chi connectivity index (χ4n) is 1.75. The maximum Gasteiger partial charge on any atom is 0.330 e. The van der Waals surface area contributed by atoms with E-state index in [0.29, 0.717) is 12.8 Å². The molecule has 1 rings (SSSR count). The Kier molecular flexibility index (Phi) is 4.82. The minimum Gasteiger partial charge on any atom is -0.359 e. The topological polar surface area (TPSA) is 95.6 Å². The largest absolute Gasteiger partial charge is 0.359 e. The Morgan fingerprint density at radius 2 is 2.06 bits per heavy atom. The third-order valence-corrected chi connectivity index (χ3v) is 2.77. The van der Waals surface area contributed by atoms with Crippen molar-refractivity contribution in [1.29, 1.82) is 0 Å². The van der Waals surface area contributed by atoms with Gasteiger partial charge in [-0.15, -0.1) is 0 Å². The summed E-state index contributed by atoms with van der Waals surface area (Å²) in [7, 11) is 1.48. The number of nitrogens with one attached hydrogen (secondary N) is 2. The Labute approximate surface area is 105 Å². The molecule has 1 fully saturated rings. The average molecular weight is 255 g/mol. The Morgan fingerprint density at radius 1 is 1.39 bits per heavy atom. The zero-order valence-electron chi connectivity index (χ0n) is 10.5. The first kappa shape index (κ1) is 14.1. The van der Waals surface area contributed by atoms with Crippen LogP contribution in [0.3, 0.4) is 0 Å². The number of hydrogen-bond donors (Lipinski definition) is 2. The molecule has 1 aliphatic heterocycles. The number of rotatable bonds is 5. The maximum atomic E-state index is 11.9. The van der Waals surface area contributed by atoms with Crippen molar-refractivity contribution in [2.45, 2.75) is 26.2 Å². The summed E-state index contributed by atoms with van der Waals surface area (Å²) in [6.07, 6.45) is 1.10. The minimum atomic E-state index is -0.822. The summed E-state index contributed by atoms with van der Waals surface area (Å²) in [5.41, 5.74) is 0. The van der Waals surface area contributed by atoms with Crippen molar-refractivity contribution in [3.63, 3.8) is 0 Å². The Morgan fingerprint density at radius 3 is 2.61 bits per heavy atom. The highest BCUT2D eigenvalue weighted by molar-refractivity contribution is 6.16. The number of nitrogens with zero attached hydrogens (tertiary/aromatic N) is 1. The van der Waals surface area contributed by atoms with Crippen LogP contribution in [0.4, 0.5) is 4.79 Å². The molecular weight excluding hydrogens is 238 g/mol. The predicted molar refractivity (Wildman–Crippen MR) is 62.3 cm³/mol. The van der Waals surface area contributed by atoms with Gasteiger partial charge in [-0.2, -0.15) is 0 Å². The lowest BCUT2D eigenvalue weighted by Gasteiger charge is -2.29. The summed E-state index contributed by atoms with van der Waals surface area (Å²) < 4.78 is 0. The van der Waals surface area contributed by atoms with Gasteiger partial charge < -0.3 is 5.32 Å². The van der Waals surface area contributed by atoms with Gasteiger partial charge in [0, 0.05) is 20.0 Å². The Hall–Kier alpha value is -1.92. The van der Waals surface area contributed by atoms with E-state index >= 15 is 0 Å². The molecular formula is C11H17N3O4. The summed E-state index contributed by atoms with van der Waals surface area (Å²) in [6, 6.07) is -0.749. The highest BCUT2D eigenvalue weighted by Gasteiger charge is 2.39. The predicted octanol–water partition coefficient (Wildman–Crippen LogP) is -0.383. The van der Waals surface area contributed by atoms with Crippen LogP contribution in [0.2, 0.25) is 0 Å². The molecule has 7 nitrogen and oxygen atoms in total. The third-order valence-electron chi connectivity index (χ3n) is 2.77. The number of imide groups is 2. The molecule has 100 valence electrons. The molecule has 1 unspecified atom stereocenters. The molecule has 18 heavy (non-hydrogen) atoms. The molecule has 5 amide bonds. The molecule has 0 aliphatic carbocycles. The quantitative estimate of drug-likeness (QED) is 0.654. The van der Waals surface area contributed by atoms with Gasteiger partial charge in [0.25, 0.3) is 0 Å². The number of urea groups is 1. The van der Waals surface area contributed by atoms with Gasteiger partial charge in [-0.1, -0.05) is 13.3 Å². The fraction of sp³-hybridized carbons (Fsp3) is 0.636. The van der Waals surface area contributed by atoms with Crippen molar-refractivity contribution in [3.05, 3.63) is 0 Å². The lowest BCUT2D eigenvalue weighted by molar-refractivity contribution is -0.142. The zero-order valence-corrected chi connectivity index (χ0v) is 10.5. The number of hydrogen-bond acceptors (Lipinski definition) is 4. The van der Waals surface area contributed by atoms with Crippen molar-refractivity contribution < 1.29 is 19.2 Å². The van der Waals surface area contributed by atoms with Crippen molar-refractivity contribution in [1.82, 2.24) is 15.5 Å². The monoisotopic (exact) mass is 255 g/mol. The molecule has 1 heterocycles. The summed E-state index contributed by atoms with van der Waals surface area (Å²) >= 11 is 0. The van der Waals surface area contributed by atoms with E-state index in [-0.39, 0.29) is 18.9 Å². The van der Waals surface area contributed by atoms with Crippen molar-refractivity contribution in [2.75, 3.05) is 13.6 Å². The van der Waals surface area contributed by atoms with Gasteiger partial charge in [-0.25, -0.2) is 4.79 Å². The molecule has 1 saturated heterocycles. The van der Waals surface area contributed by atoms with Crippen LogP contribution in [0.1, 0.15) is 26.2 Å². The molecule has 1 atom stereocenters. The average Bonchev–Trinajstić information content (AvgIpc) is 2.33. The van der Waals surface area contributed by atoms with E-state index in [9.17, 15) is 19.2 Å². The van der Waals surface area contributed by atoms with Gasteiger partial charge in [-0.05, 0) is 6.42 Å². The van der Waals surface area contributed by atoms with E-state index in [1.54, 1.807) is 0 Å². The number of carbonyl (C=O) groups excluding carboxylic acids is 4. The number of carbonyl (C=O) groups is 4. The molecule has 7 heteroatoms. The van der Waals surface area contributed by atoms with Crippen LogP contribution in [-0.2, 0) is 14.4 Å². The third kappa shape index (κ3) is 3.06. The van der Waals surface area contributed by atoms with Gasteiger partial charge >= 0.3 is 6.03 Å². The van der Waals surface area contributed by atoms with Gasteiger partial charge in [0.2, 0.25) is 17.7 Å². The van der Waals surface area contributed by atoms with Gasteiger partial charge in [0.15, 0.2) is 0 Å². The van der Waals surface area contributed by atoms with E-state index in [4.69, 9.17) is 0 Å². The van der Waals surface area contributed by atoms with Crippen molar-refractivity contribution >= 4 is 23.8 Å². The second kappa shape index (κ2) is 6.13. The molecule has 0 aromatic rings. The smallest absolute Gasteiger partial charge is 0.330 e. The molecule has 0 radical (unpaired) electrons. The van der Waals surface area contributed by atoms with E-state index in [2.05, 4.69) is 10.6 Å². The van der Waals surface area contributed by atoms with Crippen molar-refractivity contribution in [2.24, 2.45) is 5.92 Å². The first-order chi connectivity index (χ1) is 8.51.